The van der Waals surface area contributed by atoms with Crippen molar-refractivity contribution < 1.29 is 33.6 Å². The van der Waals surface area contributed by atoms with Crippen LogP contribution in [0.5, 0.6) is 23.0 Å². The molecule has 41 heavy (non-hydrogen) atoms. The molecule has 3 heterocycles. The Morgan fingerprint density at radius 3 is 2.46 bits per heavy atom. The summed E-state index contributed by atoms with van der Waals surface area (Å²) in [5, 5.41) is 12.4. The van der Waals surface area contributed by atoms with E-state index in [1.165, 1.54) is 37.6 Å². The lowest BCUT2D eigenvalue weighted by Crippen LogP contribution is -2.29. The Morgan fingerprint density at radius 1 is 1.05 bits per heavy atom. The number of hydrogen-bond donors (Lipinski definition) is 1. The average molecular weight is 593 g/mol. The van der Waals surface area contributed by atoms with Gasteiger partial charge in [-0.15, -0.1) is 0 Å². The largest absolute Gasteiger partial charge is 0.507 e. The minimum Gasteiger partial charge on any atom is -0.507 e. The van der Waals surface area contributed by atoms with Gasteiger partial charge in [0, 0.05) is 17.0 Å². The molecule has 1 saturated heterocycles. The summed E-state index contributed by atoms with van der Waals surface area (Å²) in [6.07, 6.45) is 0.662. The molecule has 1 N–H and O–H groups in total. The number of ether oxygens (including phenoxy) is 4. The Kier molecular flexibility index (Phi) is 6.75. The van der Waals surface area contributed by atoms with Gasteiger partial charge in [0.25, 0.3) is 5.78 Å². The van der Waals surface area contributed by atoms with Crippen LogP contribution >= 0.6 is 22.9 Å². The van der Waals surface area contributed by atoms with Crippen molar-refractivity contribution in [3.05, 3.63) is 75.8 Å². The quantitative estimate of drug-likeness (QED) is 0.167. The number of aliphatic hydroxyl groups excluding tert-OH is 1. The fourth-order valence-electron chi connectivity index (χ4n) is 5.32. The van der Waals surface area contributed by atoms with Crippen molar-refractivity contribution in [2.45, 2.75) is 25.5 Å². The summed E-state index contributed by atoms with van der Waals surface area (Å²) in [5.41, 5.74) is 2.29. The molecule has 0 saturated carbocycles. The second-order valence-corrected chi connectivity index (χ2v) is 11.1. The predicted molar refractivity (Wildman–Crippen MR) is 156 cm³/mol. The number of amides is 1. The second-order valence-electron chi connectivity index (χ2n) is 9.69. The first-order valence-electron chi connectivity index (χ1n) is 12.7. The fraction of sp³-hybridized carbons (Fsp3) is 0.233. The van der Waals surface area contributed by atoms with Gasteiger partial charge < -0.3 is 24.1 Å². The third kappa shape index (κ3) is 4.43. The highest BCUT2D eigenvalue weighted by molar-refractivity contribution is 7.22. The number of anilines is 1. The molecule has 2 aliphatic heterocycles. The van der Waals surface area contributed by atoms with Crippen molar-refractivity contribution in [1.82, 2.24) is 4.98 Å². The molecule has 1 fully saturated rings. The number of nitrogens with zero attached hydrogens (tertiary/aromatic N) is 2. The van der Waals surface area contributed by atoms with Crippen molar-refractivity contribution in [3.8, 4) is 23.0 Å². The molecule has 210 valence electrons. The van der Waals surface area contributed by atoms with Gasteiger partial charge in [-0.25, -0.2) is 4.98 Å². The van der Waals surface area contributed by atoms with Gasteiger partial charge in [0.1, 0.15) is 17.6 Å². The molecule has 0 spiro atoms. The molecule has 3 aromatic carbocycles. The zero-order chi connectivity index (χ0) is 29.0. The third-order valence-electron chi connectivity index (χ3n) is 7.16. The van der Waals surface area contributed by atoms with Gasteiger partial charge in [0.05, 0.1) is 43.2 Å². The number of aromatic nitrogens is 1. The lowest BCUT2D eigenvalue weighted by Gasteiger charge is -2.24. The summed E-state index contributed by atoms with van der Waals surface area (Å²) < 4.78 is 23.1. The average Bonchev–Trinajstić information content (AvgIpc) is 3.63. The van der Waals surface area contributed by atoms with Gasteiger partial charge in [-0.2, -0.15) is 0 Å². The standard InChI is InChI=1S/C30H25ClN2O7S/c1-14-9-16-10-15(5-8-20(16)40-14)26(34)24-25(17-11-21(37-2)28(39-4)22(12-17)38-3)33(29(36)27(24)35)30-32-19-7-6-18(31)13-23(19)41-30/h5-8,10-14,25,34H,9H2,1-4H3/t14-,25+/m1/s1. The number of carbonyl (C=O) groups excluding carboxylic acids is 2. The number of carbonyl (C=O) groups is 2. The van der Waals surface area contributed by atoms with E-state index >= 15 is 0 Å². The molecule has 0 aliphatic carbocycles. The Bertz CT molecular complexity index is 1740. The molecule has 2 aliphatic rings. The minimum absolute atomic E-state index is 0.000237. The van der Waals surface area contributed by atoms with Crippen LogP contribution in [0.2, 0.25) is 5.02 Å². The van der Waals surface area contributed by atoms with Crippen LogP contribution in [-0.2, 0) is 16.0 Å². The molecule has 11 heteroatoms. The first-order chi connectivity index (χ1) is 19.7. The predicted octanol–water partition coefficient (Wildman–Crippen LogP) is 5.93. The zero-order valence-electron chi connectivity index (χ0n) is 22.6. The van der Waals surface area contributed by atoms with E-state index in [9.17, 15) is 14.7 Å². The Morgan fingerprint density at radius 2 is 1.78 bits per heavy atom. The minimum atomic E-state index is -1.05. The number of benzene rings is 3. The van der Waals surface area contributed by atoms with Crippen molar-refractivity contribution >= 4 is 55.7 Å². The summed E-state index contributed by atoms with van der Waals surface area (Å²) in [5.74, 6) is -0.255. The third-order valence-corrected chi connectivity index (χ3v) is 8.41. The maximum absolute atomic E-state index is 13.7. The number of Topliss-reactive ketones (excluding diaryl/α,β-unsaturated/α-hetero) is 1. The van der Waals surface area contributed by atoms with E-state index in [0.29, 0.717) is 45.3 Å². The molecule has 0 unspecified atom stereocenters. The maximum Gasteiger partial charge on any atom is 0.301 e. The zero-order valence-corrected chi connectivity index (χ0v) is 24.1. The molecular weight excluding hydrogens is 568 g/mol. The molecule has 2 atom stereocenters. The number of rotatable bonds is 6. The van der Waals surface area contributed by atoms with E-state index in [0.717, 1.165) is 16.0 Å². The number of ketones is 1. The first kappa shape index (κ1) is 26.9. The first-order valence-corrected chi connectivity index (χ1v) is 13.9. The summed E-state index contributed by atoms with van der Waals surface area (Å²) in [6.45, 7) is 1.96. The van der Waals surface area contributed by atoms with Crippen LogP contribution in [0, 0.1) is 0 Å². The van der Waals surface area contributed by atoms with Crippen LogP contribution in [0.1, 0.15) is 29.7 Å². The van der Waals surface area contributed by atoms with Crippen molar-refractivity contribution in [2.24, 2.45) is 0 Å². The van der Waals surface area contributed by atoms with Crippen LogP contribution in [-0.4, -0.2) is 49.2 Å². The molecule has 9 nitrogen and oxygen atoms in total. The van der Waals surface area contributed by atoms with Crippen LogP contribution in [0.25, 0.3) is 16.0 Å². The molecule has 1 amide bonds. The van der Waals surface area contributed by atoms with Gasteiger partial charge in [0.2, 0.25) is 5.75 Å². The number of hydrogen-bond acceptors (Lipinski definition) is 9. The van der Waals surface area contributed by atoms with Gasteiger partial charge in [-0.05, 0) is 66.6 Å². The highest BCUT2D eigenvalue weighted by Gasteiger charge is 2.48. The number of aliphatic hydroxyl groups is 1. The van der Waals surface area contributed by atoms with Gasteiger partial charge in [-0.1, -0.05) is 22.9 Å². The molecule has 0 radical (unpaired) electrons. The van der Waals surface area contributed by atoms with Crippen LogP contribution in [0.4, 0.5) is 5.13 Å². The fourth-order valence-corrected chi connectivity index (χ4v) is 6.59. The molecule has 6 rings (SSSR count). The number of fused-ring (bicyclic) bond motifs is 2. The van der Waals surface area contributed by atoms with Crippen LogP contribution in [0.3, 0.4) is 0 Å². The summed E-state index contributed by atoms with van der Waals surface area (Å²) in [6, 6.07) is 12.7. The Labute approximate surface area is 244 Å². The van der Waals surface area contributed by atoms with Crippen molar-refractivity contribution in [1.29, 1.82) is 0 Å². The summed E-state index contributed by atoms with van der Waals surface area (Å²) in [7, 11) is 4.43. The smallest absolute Gasteiger partial charge is 0.301 e. The van der Waals surface area contributed by atoms with Crippen LogP contribution in [0.15, 0.2) is 54.1 Å². The van der Waals surface area contributed by atoms with Gasteiger partial charge >= 0.3 is 5.91 Å². The van der Waals surface area contributed by atoms with Crippen molar-refractivity contribution in [2.75, 3.05) is 26.2 Å². The second kappa shape index (κ2) is 10.3. The van der Waals surface area contributed by atoms with E-state index in [2.05, 4.69) is 4.98 Å². The van der Waals surface area contributed by atoms with Crippen molar-refractivity contribution in [3.63, 3.8) is 0 Å². The van der Waals surface area contributed by atoms with E-state index in [-0.39, 0.29) is 22.6 Å². The lowest BCUT2D eigenvalue weighted by molar-refractivity contribution is -0.132. The van der Waals surface area contributed by atoms with Crippen LogP contribution < -0.4 is 23.8 Å². The summed E-state index contributed by atoms with van der Waals surface area (Å²) in [4.78, 5) is 33.4. The molecule has 0 bridgehead atoms. The highest BCUT2D eigenvalue weighted by Crippen LogP contribution is 2.48. The highest BCUT2D eigenvalue weighted by atomic mass is 35.5. The molecule has 4 aromatic rings. The maximum atomic E-state index is 13.7. The van der Waals surface area contributed by atoms with Gasteiger partial charge in [0.15, 0.2) is 16.6 Å². The van der Waals surface area contributed by atoms with E-state index < -0.39 is 17.7 Å². The molecular formula is C30H25ClN2O7S. The molecule has 1 aromatic heterocycles. The number of halogens is 1. The topological polar surface area (TPSA) is 107 Å². The van der Waals surface area contributed by atoms with Gasteiger partial charge in [-0.3, -0.25) is 14.5 Å². The Hall–Kier alpha value is -4.28. The van der Waals surface area contributed by atoms with E-state index in [4.69, 9.17) is 30.5 Å². The SMILES string of the molecule is COc1cc([C@H]2C(=C(O)c3ccc4c(c3)C[C@@H](C)O4)C(=O)C(=O)N2c2nc3ccc(Cl)cc3s2)cc(OC)c1OC. The van der Waals surface area contributed by atoms with E-state index in [1.807, 2.05) is 6.92 Å². The van der Waals surface area contributed by atoms with E-state index in [1.54, 1.807) is 48.5 Å². The normalized spacial score (nSPS) is 19.4. The monoisotopic (exact) mass is 592 g/mol. The number of thiazole rings is 1. The number of methoxy groups -OCH3 is 3. The summed E-state index contributed by atoms with van der Waals surface area (Å²) >= 11 is 7.41. The lowest BCUT2D eigenvalue weighted by atomic mass is 9.94. The Balaban J connectivity index is 1.59.